The normalized spacial score (nSPS) is 19.5. The lowest BCUT2D eigenvalue weighted by molar-refractivity contribution is -0.132. The Bertz CT molecular complexity index is 698. The Morgan fingerprint density at radius 1 is 1.29 bits per heavy atom. The number of carbonyl (C=O) groups is 3. The Kier molecular flexibility index (Phi) is 4.26. The second kappa shape index (κ2) is 6.22. The average molecular weight is 334 g/mol. The zero-order chi connectivity index (χ0) is 17.3. The van der Waals surface area contributed by atoms with Crippen LogP contribution < -0.4 is 10.1 Å². The van der Waals surface area contributed by atoms with Gasteiger partial charge in [-0.2, -0.15) is 0 Å². The highest BCUT2D eigenvalue weighted by Crippen LogP contribution is 2.33. The van der Waals surface area contributed by atoms with Crippen molar-refractivity contribution >= 4 is 17.7 Å². The van der Waals surface area contributed by atoms with Crippen LogP contribution in [0.5, 0.6) is 5.75 Å². The van der Waals surface area contributed by atoms with Gasteiger partial charge in [0.2, 0.25) is 0 Å². The standard InChI is InChI=1S/C17H19FN2O4/c1-24-14-6-5-11(9-12(14)18)13(21)10-20-15(22)17(19-16(20)23)7-3-2-4-8-17/h5-6,9H,2-4,7-8,10H2,1H3,(H,19,23). The van der Waals surface area contributed by atoms with Crippen LogP contribution in [0, 0.1) is 5.82 Å². The fourth-order valence-electron chi connectivity index (χ4n) is 3.39. The number of hydrogen-bond donors (Lipinski definition) is 1. The third-order valence-electron chi connectivity index (χ3n) is 4.73. The van der Waals surface area contributed by atoms with E-state index in [1.54, 1.807) is 0 Å². The number of carbonyl (C=O) groups excluding carboxylic acids is 3. The minimum absolute atomic E-state index is 0.0303. The molecule has 3 rings (SSSR count). The SMILES string of the molecule is COc1ccc(C(=O)CN2C(=O)NC3(CCCCC3)C2=O)cc1F. The summed E-state index contributed by atoms with van der Waals surface area (Å²) in [4.78, 5) is 38.0. The van der Waals surface area contributed by atoms with E-state index in [9.17, 15) is 18.8 Å². The summed E-state index contributed by atoms with van der Waals surface area (Å²) in [5, 5.41) is 2.75. The number of methoxy groups -OCH3 is 1. The summed E-state index contributed by atoms with van der Waals surface area (Å²) >= 11 is 0. The highest BCUT2D eigenvalue weighted by atomic mass is 19.1. The summed E-state index contributed by atoms with van der Waals surface area (Å²) in [6.07, 6.45) is 3.98. The molecular formula is C17H19FN2O4. The molecule has 0 atom stereocenters. The Balaban J connectivity index is 1.75. The first-order valence-corrected chi connectivity index (χ1v) is 7.98. The van der Waals surface area contributed by atoms with E-state index in [0.29, 0.717) is 12.8 Å². The van der Waals surface area contributed by atoms with Crippen LogP contribution in [0.25, 0.3) is 0 Å². The Morgan fingerprint density at radius 3 is 2.62 bits per heavy atom. The predicted octanol–water partition coefficient (Wildman–Crippen LogP) is 2.27. The number of halogens is 1. The molecule has 1 saturated heterocycles. The molecule has 1 spiro atoms. The van der Waals surface area contributed by atoms with E-state index in [1.165, 1.54) is 19.2 Å². The molecule has 24 heavy (non-hydrogen) atoms. The van der Waals surface area contributed by atoms with Crippen molar-refractivity contribution in [3.8, 4) is 5.75 Å². The van der Waals surface area contributed by atoms with Crippen molar-refractivity contribution < 1.29 is 23.5 Å². The number of rotatable bonds is 4. The number of imide groups is 1. The van der Waals surface area contributed by atoms with Crippen LogP contribution in [0.4, 0.5) is 9.18 Å². The second-order valence-corrected chi connectivity index (χ2v) is 6.24. The molecule has 1 aromatic rings. The van der Waals surface area contributed by atoms with Gasteiger partial charge in [0.05, 0.1) is 13.7 Å². The molecule has 6 nitrogen and oxygen atoms in total. The van der Waals surface area contributed by atoms with E-state index in [2.05, 4.69) is 5.32 Å². The maximum Gasteiger partial charge on any atom is 0.325 e. The largest absolute Gasteiger partial charge is 0.494 e. The monoisotopic (exact) mass is 334 g/mol. The van der Waals surface area contributed by atoms with Gasteiger partial charge < -0.3 is 10.1 Å². The molecule has 3 amide bonds. The highest BCUT2D eigenvalue weighted by Gasteiger charge is 2.51. The van der Waals surface area contributed by atoms with Gasteiger partial charge in [-0.25, -0.2) is 9.18 Å². The van der Waals surface area contributed by atoms with Crippen molar-refractivity contribution in [3.63, 3.8) is 0 Å². The van der Waals surface area contributed by atoms with Crippen molar-refractivity contribution in [2.45, 2.75) is 37.6 Å². The summed E-state index contributed by atoms with van der Waals surface area (Å²) in [7, 11) is 1.33. The summed E-state index contributed by atoms with van der Waals surface area (Å²) < 4.78 is 18.5. The van der Waals surface area contributed by atoms with Crippen molar-refractivity contribution in [2.75, 3.05) is 13.7 Å². The average Bonchev–Trinajstić information content (AvgIpc) is 2.79. The number of hydrogen-bond acceptors (Lipinski definition) is 4. The summed E-state index contributed by atoms with van der Waals surface area (Å²) in [5.74, 6) is -1.48. The van der Waals surface area contributed by atoms with Crippen LogP contribution in [-0.2, 0) is 4.79 Å². The summed E-state index contributed by atoms with van der Waals surface area (Å²) in [6, 6.07) is 3.26. The van der Waals surface area contributed by atoms with E-state index in [-0.39, 0.29) is 17.2 Å². The molecule has 0 radical (unpaired) electrons. The van der Waals surface area contributed by atoms with E-state index < -0.39 is 29.7 Å². The lowest BCUT2D eigenvalue weighted by Crippen LogP contribution is -2.48. The van der Waals surface area contributed by atoms with Gasteiger partial charge in [-0.15, -0.1) is 0 Å². The molecule has 1 aliphatic carbocycles. The molecule has 0 unspecified atom stereocenters. The molecule has 2 aliphatic rings. The van der Waals surface area contributed by atoms with Gasteiger partial charge in [0.15, 0.2) is 17.3 Å². The van der Waals surface area contributed by atoms with Gasteiger partial charge in [0, 0.05) is 5.56 Å². The first-order chi connectivity index (χ1) is 11.5. The zero-order valence-electron chi connectivity index (χ0n) is 13.4. The number of urea groups is 1. The van der Waals surface area contributed by atoms with E-state index in [0.717, 1.165) is 30.2 Å². The number of Topliss-reactive ketones (excluding diaryl/α,β-unsaturated/α-hetero) is 1. The second-order valence-electron chi connectivity index (χ2n) is 6.24. The highest BCUT2D eigenvalue weighted by molar-refractivity contribution is 6.11. The smallest absolute Gasteiger partial charge is 0.325 e. The van der Waals surface area contributed by atoms with Crippen LogP contribution in [0.1, 0.15) is 42.5 Å². The maximum atomic E-state index is 13.7. The van der Waals surface area contributed by atoms with Crippen molar-refractivity contribution in [1.29, 1.82) is 0 Å². The molecule has 0 bridgehead atoms. The third-order valence-corrected chi connectivity index (χ3v) is 4.73. The number of ketones is 1. The van der Waals surface area contributed by atoms with Gasteiger partial charge in [-0.05, 0) is 31.0 Å². The maximum absolute atomic E-state index is 13.7. The van der Waals surface area contributed by atoms with Gasteiger partial charge >= 0.3 is 6.03 Å². The van der Waals surface area contributed by atoms with E-state index >= 15 is 0 Å². The Labute approximate surface area is 139 Å². The summed E-state index contributed by atoms with van der Waals surface area (Å²) in [5.41, 5.74) is -0.765. The molecule has 1 aromatic carbocycles. The number of benzene rings is 1. The van der Waals surface area contributed by atoms with Crippen LogP contribution in [0.15, 0.2) is 18.2 Å². The van der Waals surface area contributed by atoms with Crippen molar-refractivity contribution in [2.24, 2.45) is 0 Å². The van der Waals surface area contributed by atoms with Gasteiger partial charge in [-0.1, -0.05) is 19.3 Å². The topological polar surface area (TPSA) is 75.7 Å². The first kappa shape index (κ1) is 16.4. The van der Waals surface area contributed by atoms with Crippen LogP contribution in [-0.4, -0.2) is 41.8 Å². The number of ether oxygens (including phenoxy) is 1. The van der Waals surface area contributed by atoms with Gasteiger partial charge in [-0.3, -0.25) is 14.5 Å². The molecule has 1 aliphatic heterocycles. The number of nitrogens with one attached hydrogen (secondary N) is 1. The molecular weight excluding hydrogens is 315 g/mol. The first-order valence-electron chi connectivity index (χ1n) is 7.98. The lowest BCUT2D eigenvalue weighted by atomic mass is 9.82. The third kappa shape index (κ3) is 2.74. The van der Waals surface area contributed by atoms with Crippen molar-refractivity contribution in [1.82, 2.24) is 10.2 Å². The van der Waals surface area contributed by atoms with Crippen molar-refractivity contribution in [3.05, 3.63) is 29.6 Å². The fourth-order valence-corrected chi connectivity index (χ4v) is 3.39. The van der Waals surface area contributed by atoms with Gasteiger partial charge in [0.25, 0.3) is 5.91 Å². The predicted molar refractivity (Wildman–Crippen MR) is 83.3 cm³/mol. The Hall–Kier alpha value is -2.44. The van der Waals surface area contributed by atoms with Crippen LogP contribution >= 0.6 is 0 Å². The van der Waals surface area contributed by atoms with E-state index in [4.69, 9.17) is 4.74 Å². The quantitative estimate of drug-likeness (QED) is 0.677. The van der Waals surface area contributed by atoms with Crippen LogP contribution in [0.2, 0.25) is 0 Å². The molecule has 2 fully saturated rings. The molecule has 0 aromatic heterocycles. The minimum atomic E-state index is -0.860. The van der Waals surface area contributed by atoms with Gasteiger partial charge in [0.1, 0.15) is 5.54 Å². The molecule has 7 heteroatoms. The number of nitrogens with zero attached hydrogens (tertiary/aromatic N) is 1. The fraction of sp³-hybridized carbons (Fsp3) is 0.471. The lowest BCUT2D eigenvalue weighted by Gasteiger charge is -2.30. The Morgan fingerprint density at radius 2 is 2.00 bits per heavy atom. The van der Waals surface area contributed by atoms with Crippen LogP contribution in [0.3, 0.4) is 0 Å². The minimum Gasteiger partial charge on any atom is -0.494 e. The van der Waals surface area contributed by atoms with E-state index in [1.807, 2.05) is 0 Å². The summed E-state index contributed by atoms with van der Waals surface area (Å²) in [6.45, 7) is -0.391. The number of amides is 3. The molecule has 1 saturated carbocycles. The molecule has 128 valence electrons. The molecule has 1 N–H and O–H groups in total. The zero-order valence-corrected chi connectivity index (χ0v) is 13.4. The molecule has 1 heterocycles.